The summed E-state index contributed by atoms with van der Waals surface area (Å²) in [6, 6.07) is 1.77. The van der Waals surface area contributed by atoms with Crippen LogP contribution in [0.3, 0.4) is 0 Å². The van der Waals surface area contributed by atoms with Crippen molar-refractivity contribution in [1.29, 1.82) is 0 Å². The van der Waals surface area contributed by atoms with E-state index in [1.54, 1.807) is 0 Å². The maximum Gasteiger partial charge on any atom is 0.707 e. The first-order chi connectivity index (χ1) is 6.00. The van der Waals surface area contributed by atoms with Crippen molar-refractivity contribution in [2.75, 3.05) is 0 Å². The summed E-state index contributed by atoms with van der Waals surface area (Å²) < 4.78 is 4.23. The smallest absolute Gasteiger partial charge is 0.508 e. The zero-order chi connectivity index (χ0) is 10.0. The molecule has 70 valence electrons. The van der Waals surface area contributed by atoms with Gasteiger partial charge < -0.3 is 30.0 Å². The molecule has 0 bridgehead atoms. The van der Waals surface area contributed by atoms with E-state index in [0.717, 1.165) is 12.1 Å². The van der Waals surface area contributed by atoms with Crippen molar-refractivity contribution >= 4 is 7.32 Å². The van der Waals surface area contributed by atoms with Crippen molar-refractivity contribution in [2.24, 2.45) is 0 Å². The second-order valence-electron chi connectivity index (χ2n) is 2.26. The lowest BCUT2D eigenvalue weighted by Gasteiger charge is -2.08. The highest BCUT2D eigenvalue weighted by atomic mass is 16.6. The molecule has 0 atom stereocenters. The fourth-order valence-electron chi connectivity index (χ4n) is 0.810. The number of phenolic OH excluding ortho intramolecular Hbond substituents is 3. The van der Waals surface area contributed by atoms with E-state index in [1.165, 1.54) is 0 Å². The summed E-state index contributed by atoms with van der Waals surface area (Å²) in [5.74, 6) is -2.06. The van der Waals surface area contributed by atoms with Crippen LogP contribution in [-0.2, 0) is 0 Å². The van der Waals surface area contributed by atoms with Gasteiger partial charge in [0.1, 0.15) is 5.75 Å². The zero-order valence-electron chi connectivity index (χ0n) is 6.38. The maximum absolute atomic E-state index is 9.05. The van der Waals surface area contributed by atoms with Gasteiger partial charge in [-0.3, -0.25) is 0 Å². The largest absolute Gasteiger partial charge is 0.707 e. The SMILES string of the molecule is OB(O)Oc1c(O)cc(O)cc1O. The fraction of sp³-hybridized carbons (Fsp3) is 0. The molecular formula is C6H7BO6. The average molecular weight is 186 g/mol. The Bertz CT molecular complexity index is 289. The molecule has 0 saturated heterocycles. The molecule has 0 saturated carbocycles. The Morgan fingerprint density at radius 2 is 1.46 bits per heavy atom. The Hall–Kier alpha value is -1.60. The third-order valence-corrected chi connectivity index (χ3v) is 1.26. The van der Waals surface area contributed by atoms with E-state index in [0.29, 0.717) is 0 Å². The molecule has 6 nitrogen and oxygen atoms in total. The summed E-state index contributed by atoms with van der Waals surface area (Å²) in [4.78, 5) is 0. The Labute approximate surface area is 73.4 Å². The topological polar surface area (TPSA) is 110 Å². The van der Waals surface area contributed by atoms with Crippen LogP contribution in [0.15, 0.2) is 12.1 Å². The van der Waals surface area contributed by atoms with Gasteiger partial charge in [-0.15, -0.1) is 0 Å². The van der Waals surface area contributed by atoms with E-state index < -0.39 is 24.6 Å². The molecule has 5 N–H and O–H groups in total. The molecule has 0 radical (unpaired) electrons. The molecule has 7 heteroatoms. The number of rotatable bonds is 2. The Morgan fingerprint density at radius 1 is 1.00 bits per heavy atom. The summed E-state index contributed by atoms with van der Waals surface area (Å²) >= 11 is 0. The van der Waals surface area contributed by atoms with Crippen LogP contribution in [0.5, 0.6) is 23.0 Å². The summed E-state index contributed by atoms with van der Waals surface area (Å²) in [5, 5.41) is 43.7. The fourth-order valence-corrected chi connectivity index (χ4v) is 0.810. The van der Waals surface area contributed by atoms with Crippen LogP contribution in [0.2, 0.25) is 0 Å². The van der Waals surface area contributed by atoms with Gasteiger partial charge in [-0.25, -0.2) is 0 Å². The lowest BCUT2D eigenvalue weighted by molar-refractivity contribution is 0.272. The van der Waals surface area contributed by atoms with Gasteiger partial charge in [0.25, 0.3) is 0 Å². The quantitative estimate of drug-likeness (QED) is 0.385. The normalized spacial score (nSPS) is 9.69. The molecule has 0 aliphatic heterocycles. The molecule has 13 heavy (non-hydrogen) atoms. The van der Waals surface area contributed by atoms with E-state index in [4.69, 9.17) is 25.4 Å². The number of hydrogen-bond donors (Lipinski definition) is 5. The molecule has 1 rings (SSSR count). The highest BCUT2D eigenvalue weighted by Gasteiger charge is 2.18. The van der Waals surface area contributed by atoms with E-state index in [-0.39, 0.29) is 5.75 Å². The van der Waals surface area contributed by atoms with Crippen molar-refractivity contribution in [1.82, 2.24) is 0 Å². The number of aromatic hydroxyl groups is 3. The van der Waals surface area contributed by atoms with Crippen LogP contribution in [0.25, 0.3) is 0 Å². The van der Waals surface area contributed by atoms with E-state index in [2.05, 4.69) is 4.65 Å². The lowest BCUT2D eigenvalue weighted by atomic mass is 10.2. The highest BCUT2D eigenvalue weighted by molar-refractivity contribution is 6.34. The standard InChI is InChI=1S/C6H7BO6/c8-3-1-4(9)6(5(10)2-3)13-7(11)12/h1-2,8-12H. The molecule has 0 aliphatic carbocycles. The molecule has 0 unspecified atom stereocenters. The van der Waals surface area contributed by atoms with E-state index in [1.807, 2.05) is 0 Å². The van der Waals surface area contributed by atoms with E-state index in [9.17, 15) is 0 Å². The molecular weight excluding hydrogens is 179 g/mol. The first-order valence-corrected chi connectivity index (χ1v) is 3.28. The third-order valence-electron chi connectivity index (χ3n) is 1.26. The molecule has 0 fully saturated rings. The molecule has 0 heterocycles. The van der Waals surface area contributed by atoms with Gasteiger partial charge in [0, 0.05) is 12.1 Å². The molecule has 1 aromatic rings. The van der Waals surface area contributed by atoms with Gasteiger partial charge in [-0.1, -0.05) is 0 Å². The van der Waals surface area contributed by atoms with Crippen molar-refractivity contribution in [3.63, 3.8) is 0 Å². The summed E-state index contributed by atoms with van der Waals surface area (Å²) in [6.07, 6.45) is 0. The monoisotopic (exact) mass is 186 g/mol. The predicted octanol–water partition coefficient (Wildman–Crippen LogP) is -0.848. The van der Waals surface area contributed by atoms with Gasteiger partial charge in [-0.2, -0.15) is 0 Å². The van der Waals surface area contributed by atoms with Crippen LogP contribution in [0.4, 0.5) is 0 Å². The first kappa shape index (κ1) is 9.49. The van der Waals surface area contributed by atoms with Gasteiger partial charge in [0.15, 0.2) is 17.2 Å². The summed E-state index contributed by atoms with van der Waals surface area (Å²) in [5.41, 5.74) is 0. The van der Waals surface area contributed by atoms with Gasteiger partial charge in [0.2, 0.25) is 0 Å². The maximum atomic E-state index is 9.05. The number of phenols is 3. The Morgan fingerprint density at radius 3 is 1.85 bits per heavy atom. The average Bonchev–Trinajstić information content (AvgIpc) is 1.96. The minimum absolute atomic E-state index is 0.366. The van der Waals surface area contributed by atoms with Crippen LogP contribution >= 0.6 is 0 Å². The van der Waals surface area contributed by atoms with Crippen molar-refractivity contribution < 1.29 is 30.0 Å². The third kappa shape index (κ3) is 2.17. The lowest BCUT2D eigenvalue weighted by Crippen LogP contribution is -2.20. The van der Waals surface area contributed by atoms with E-state index >= 15 is 0 Å². The molecule has 0 amide bonds. The second kappa shape index (κ2) is 3.42. The molecule has 0 aliphatic rings. The van der Waals surface area contributed by atoms with Gasteiger partial charge >= 0.3 is 7.32 Å². The van der Waals surface area contributed by atoms with Crippen LogP contribution in [-0.4, -0.2) is 32.7 Å². The molecule has 0 aromatic heterocycles. The van der Waals surface area contributed by atoms with Crippen LogP contribution in [0.1, 0.15) is 0 Å². The first-order valence-electron chi connectivity index (χ1n) is 3.28. The minimum Gasteiger partial charge on any atom is -0.508 e. The summed E-state index contributed by atoms with van der Waals surface area (Å²) in [7, 11) is -2.15. The minimum atomic E-state index is -2.15. The van der Waals surface area contributed by atoms with Crippen molar-refractivity contribution in [3.8, 4) is 23.0 Å². The number of benzene rings is 1. The Kier molecular flexibility index (Phi) is 2.50. The van der Waals surface area contributed by atoms with Gasteiger partial charge in [0.05, 0.1) is 0 Å². The summed E-state index contributed by atoms with van der Waals surface area (Å²) in [6.45, 7) is 0. The predicted molar refractivity (Wildman–Crippen MR) is 42.3 cm³/mol. The Balaban J connectivity index is 3.06. The van der Waals surface area contributed by atoms with Crippen molar-refractivity contribution in [2.45, 2.75) is 0 Å². The van der Waals surface area contributed by atoms with Gasteiger partial charge in [-0.05, 0) is 0 Å². The highest BCUT2D eigenvalue weighted by Crippen LogP contribution is 2.39. The molecule has 1 aromatic carbocycles. The van der Waals surface area contributed by atoms with Crippen LogP contribution < -0.4 is 4.65 Å². The van der Waals surface area contributed by atoms with Crippen molar-refractivity contribution in [3.05, 3.63) is 12.1 Å². The van der Waals surface area contributed by atoms with Crippen LogP contribution in [0, 0.1) is 0 Å². The molecule has 0 spiro atoms. The second-order valence-corrected chi connectivity index (χ2v) is 2.26. The zero-order valence-corrected chi connectivity index (χ0v) is 6.38. The number of hydrogen-bond acceptors (Lipinski definition) is 6.